The van der Waals surface area contributed by atoms with Crippen LogP contribution in [0.1, 0.15) is 12.8 Å². The number of aromatic hydroxyl groups is 1. The Hall–Kier alpha value is -1.74. The topological polar surface area (TPSA) is 42.4 Å². The van der Waals surface area contributed by atoms with E-state index in [-0.39, 0.29) is 5.75 Å². The molecule has 2 aromatic rings. The predicted octanol–water partition coefficient (Wildman–Crippen LogP) is 3.90. The first-order valence-electron chi connectivity index (χ1n) is 6.30. The average Bonchev–Trinajstić information content (AvgIpc) is 3.20. The maximum absolute atomic E-state index is 9.48. The molecule has 3 rings (SSSR count). The fraction of sp³-hybridized carbons (Fsp3) is 0.267. The fourth-order valence-electron chi connectivity index (χ4n) is 1.86. The van der Waals surface area contributed by atoms with Crippen molar-refractivity contribution in [3.8, 4) is 22.8 Å². The third-order valence-corrected chi connectivity index (χ3v) is 3.41. The van der Waals surface area contributed by atoms with Crippen LogP contribution in [0.4, 0.5) is 0 Å². The lowest BCUT2D eigenvalue weighted by molar-refractivity contribution is 0.299. The van der Waals surface area contributed by atoms with Crippen LogP contribution < -0.4 is 4.74 Å². The van der Waals surface area contributed by atoms with Crippen molar-refractivity contribution in [2.75, 3.05) is 6.61 Å². The number of halogens is 1. The molecule has 98 valence electrons. The Morgan fingerprint density at radius 3 is 2.84 bits per heavy atom. The van der Waals surface area contributed by atoms with Crippen LogP contribution in [0.25, 0.3) is 11.3 Å². The molecule has 1 N–H and O–H groups in total. The van der Waals surface area contributed by atoms with Crippen molar-refractivity contribution in [1.82, 2.24) is 4.98 Å². The molecule has 1 aliphatic rings. The Bertz CT molecular complexity index is 596. The highest BCUT2D eigenvalue weighted by molar-refractivity contribution is 6.33. The van der Waals surface area contributed by atoms with E-state index in [0.717, 1.165) is 12.2 Å². The summed E-state index contributed by atoms with van der Waals surface area (Å²) < 4.78 is 5.63. The molecule has 0 unspecified atom stereocenters. The molecular weight excluding hydrogens is 262 g/mol. The molecule has 0 amide bonds. The number of hydrogen-bond acceptors (Lipinski definition) is 3. The minimum Gasteiger partial charge on any atom is -0.508 e. The van der Waals surface area contributed by atoms with E-state index in [1.54, 1.807) is 30.5 Å². The van der Waals surface area contributed by atoms with Gasteiger partial charge in [-0.15, -0.1) is 0 Å². The normalized spacial score (nSPS) is 14.4. The zero-order valence-electron chi connectivity index (χ0n) is 10.3. The van der Waals surface area contributed by atoms with Crippen LogP contribution >= 0.6 is 11.6 Å². The van der Waals surface area contributed by atoms with Crippen molar-refractivity contribution < 1.29 is 9.84 Å². The van der Waals surface area contributed by atoms with E-state index in [0.29, 0.717) is 22.4 Å². The van der Waals surface area contributed by atoms with Crippen LogP contribution in [0.3, 0.4) is 0 Å². The summed E-state index contributed by atoms with van der Waals surface area (Å²) in [7, 11) is 0. The molecule has 0 radical (unpaired) electrons. The summed E-state index contributed by atoms with van der Waals surface area (Å²) in [5.41, 5.74) is 1.44. The summed E-state index contributed by atoms with van der Waals surface area (Å²) >= 11 is 6.22. The molecule has 1 fully saturated rings. The highest BCUT2D eigenvalue weighted by atomic mass is 35.5. The zero-order chi connectivity index (χ0) is 13.2. The van der Waals surface area contributed by atoms with Crippen molar-refractivity contribution in [3.05, 3.63) is 41.6 Å². The van der Waals surface area contributed by atoms with Crippen molar-refractivity contribution in [2.24, 2.45) is 5.92 Å². The van der Waals surface area contributed by atoms with Crippen LogP contribution in [0.15, 0.2) is 36.5 Å². The smallest absolute Gasteiger partial charge is 0.139 e. The Kier molecular flexibility index (Phi) is 3.30. The average molecular weight is 276 g/mol. The summed E-state index contributed by atoms with van der Waals surface area (Å²) in [6.07, 6.45) is 4.18. The maximum atomic E-state index is 9.48. The summed E-state index contributed by atoms with van der Waals surface area (Å²) in [5, 5.41) is 10.0. The van der Waals surface area contributed by atoms with Gasteiger partial charge < -0.3 is 9.84 Å². The van der Waals surface area contributed by atoms with E-state index in [1.807, 2.05) is 6.07 Å². The van der Waals surface area contributed by atoms with Crippen LogP contribution in [0.5, 0.6) is 11.5 Å². The van der Waals surface area contributed by atoms with Crippen molar-refractivity contribution in [1.29, 1.82) is 0 Å². The molecule has 0 atom stereocenters. The number of rotatable bonds is 4. The van der Waals surface area contributed by atoms with Crippen molar-refractivity contribution in [3.63, 3.8) is 0 Å². The fourth-order valence-corrected chi connectivity index (χ4v) is 2.13. The zero-order valence-corrected chi connectivity index (χ0v) is 11.1. The Morgan fingerprint density at radius 1 is 1.32 bits per heavy atom. The summed E-state index contributed by atoms with van der Waals surface area (Å²) in [5.74, 6) is 1.59. The van der Waals surface area contributed by atoms with Gasteiger partial charge in [0.05, 0.1) is 23.5 Å². The Morgan fingerprint density at radius 2 is 2.16 bits per heavy atom. The van der Waals surface area contributed by atoms with Gasteiger partial charge in [-0.05, 0) is 30.9 Å². The lowest BCUT2D eigenvalue weighted by Crippen LogP contribution is -1.99. The van der Waals surface area contributed by atoms with E-state index >= 15 is 0 Å². The monoisotopic (exact) mass is 275 g/mol. The molecule has 3 nitrogen and oxygen atoms in total. The van der Waals surface area contributed by atoms with Crippen LogP contribution in [0.2, 0.25) is 5.02 Å². The minimum absolute atomic E-state index is 0.199. The quantitative estimate of drug-likeness (QED) is 0.920. The first-order chi connectivity index (χ1) is 9.22. The lowest BCUT2D eigenvalue weighted by atomic mass is 10.1. The van der Waals surface area contributed by atoms with Crippen molar-refractivity contribution >= 4 is 11.6 Å². The second-order valence-electron chi connectivity index (χ2n) is 4.81. The molecule has 0 aliphatic heterocycles. The van der Waals surface area contributed by atoms with Crippen LogP contribution in [0, 0.1) is 5.92 Å². The Labute approximate surface area is 116 Å². The van der Waals surface area contributed by atoms with E-state index in [2.05, 4.69) is 4.98 Å². The van der Waals surface area contributed by atoms with Gasteiger partial charge >= 0.3 is 0 Å². The summed E-state index contributed by atoms with van der Waals surface area (Å²) in [6.45, 7) is 0.740. The molecule has 19 heavy (non-hydrogen) atoms. The number of phenols is 1. The lowest BCUT2D eigenvalue weighted by Gasteiger charge is -2.08. The van der Waals surface area contributed by atoms with E-state index in [1.165, 1.54) is 12.8 Å². The first kappa shape index (κ1) is 12.3. The molecule has 1 aromatic carbocycles. The number of phenolic OH excluding ortho intramolecular Hbond substituents is 1. The van der Waals surface area contributed by atoms with Crippen LogP contribution in [-0.2, 0) is 0 Å². The second-order valence-corrected chi connectivity index (χ2v) is 5.21. The molecule has 0 spiro atoms. The largest absolute Gasteiger partial charge is 0.508 e. The molecule has 0 saturated heterocycles. The predicted molar refractivity (Wildman–Crippen MR) is 74.6 cm³/mol. The number of pyridine rings is 1. The molecule has 0 bridgehead atoms. The SMILES string of the molecule is Oc1cccc(-c2ncc(OCC3CC3)cc2Cl)c1. The molecule has 1 heterocycles. The molecule has 1 aliphatic carbocycles. The second kappa shape index (κ2) is 5.10. The van der Waals surface area contributed by atoms with Gasteiger partial charge in [0.15, 0.2) is 0 Å². The van der Waals surface area contributed by atoms with Gasteiger partial charge in [-0.1, -0.05) is 23.7 Å². The minimum atomic E-state index is 0.199. The van der Waals surface area contributed by atoms with Gasteiger partial charge in [0.2, 0.25) is 0 Å². The summed E-state index contributed by atoms with van der Waals surface area (Å²) in [6, 6.07) is 8.65. The highest BCUT2D eigenvalue weighted by Crippen LogP contribution is 2.32. The highest BCUT2D eigenvalue weighted by Gasteiger charge is 2.22. The third-order valence-electron chi connectivity index (χ3n) is 3.12. The van der Waals surface area contributed by atoms with E-state index in [9.17, 15) is 5.11 Å². The van der Waals surface area contributed by atoms with E-state index < -0.39 is 0 Å². The first-order valence-corrected chi connectivity index (χ1v) is 6.68. The van der Waals surface area contributed by atoms with Crippen LogP contribution in [-0.4, -0.2) is 16.7 Å². The maximum Gasteiger partial charge on any atom is 0.139 e. The Balaban J connectivity index is 1.82. The van der Waals surface area contributed by atoms with Gasteiger partial charge in [-0.3, -0.25) is 4.98 Å². The standard InChI is InChI=1S/C15H14ClNO2/c16-14-7-13(19-9-10-4-5-10)8-17-15(14)11-2-1-3-12(18)6-11/h1-3,6-8,10,18H,4-5,9H2. The molecule has 1 saturated carbocycles. The third kappa shape index (κ3) is 2.99. The number of hydrogen-bond donors (Lipinski definition) is 1. The van der Waals surface area contributed by atoms with E-state index in [4.69, 9.17) is 16.3 Å². The molecule has 1 aromatic heterocycles. The van der Waals surface area contributed by atoms with Crippen molar-refractivity contribution in [2.45, 2.75) is 12.8 Å². The molecular formula is C15H14ClNO2. The van der Waals surface area contributed by atoms with Gasteiger partial charge in [-0.2, -0.15) is 0 Å². The molecule has 4 heteroatoms. The number of aromatic nitrogens is 1. The van der Waals surface area contributed by atoms with Gasteiger partial charge in [0.25, 0.3) is 0 Å². The van der Waals surface area contributed by atoms with Gasteiger partial charge in [-0.25, -0.2) is 0 Å². The number of ether oxygens (including phenoxy) is 1. The summed E-state index contributed by atoms with van der Waals surface area (Å²) in [4.78, 5) is 4.32. The number of nitrogens with zero attached hydrogens (tertiary/aromatic N) is 1. The van der Waals surface area contributed by atoms with Gasteiger partial charge in [0, 0.05) is 11.6 Å². The van der Waals surface area contributed by atoms with Gasteiger partial charge in [0.1, 0.15) is 11.5 Å². The number of benzene rings is 1.